The highest BCUT2D eigenvalue weighted by molar-refractivity contribution is 5.85. The predicted octanol–water partition coefficient (Wildman–Crippen LogP) is 4.77. The molecule has 0 bridgehead atoms. The molecular formula is C21H24N6. The van der Waals surface area contributed by atoms with Crippen LogP contribution in [0.25, 0.3) is 11.2 Å². The van der Waals surface area contributed by atoms with Gasteiger partial charge in [-0.25, -0.2) is 9.97 Å². The lowest BCUT2D eigenvalue weighted by atomic mass is 9.97. The monoisotopic (exact) mass is 360 g/mol. The second kappa shape index (κ2) is 8.12. The Hall–Kier alpha value is -3.02. The summed E-state index contributed by atoms with van der Waals surface area (Å²) < 4.78 is 0. The summed E-state index contributed by atoms with van der Waals surface area (Å²) in [5, 5.41) is 6.70. The first kappa shape index (κ1) is 17.4. The minimum atomic E-state index is 0.578. The van der Waals surface area contributed by atoms with Gasteiger partial charge in [0.05, 0.1) is 0 Å². The van der Waals surface area contributed by atoms with Crippen LogP contribution in [0, 0.1) is 6.92 Å². The molecule has 6 heteroatoms. The lowest BCUT2D eigenvalue weighted by Gasteiger charge is -2.14. The van der Waals surface area contributed by atoms with Crippen LogP contribution in [-0.4, -0.2) is 26.5 Å². The number of hydrogen-bond donors (Lipinski definition) is 2. The first-order valence-corrected chi connectivity index (χ1v) is 9.52. The lowest BCUT2D eigenvalue weighted by molar-refractivity contribution is 0.679. The van der Waals surface area contributed by atoms with Crippen molar-refractivity contribution in [3.63, 3.8) is 0 Å². The van der Waals surface area contributed by atoms with Crippen molar-refractivity contribution in [2.45, 2.75) is 39.0 Å². The molecule has 6 nitrogen and oxygen atoms in total. The van der Waals surface area contributed by atoms with Gasteiger partial charge < -0.3 is 10.6 Å². The van der Waals surface area contributed by atoms with Crippen molar-refractivity contribution in [2.75, 3.05) is 17.2 Å². The summed E-state index contributed by atoms with van der Waals surface area (Å²) in [6.45, 7) is 2.89. The van der Waals surface area contributed by atoms with Gasteiger partial charge in [0.25, 0.3) is 0 Å². The lowest BCUT2D eigenvalue weighted by Crippen LogP contribution is -2.09. The van der Waals surface area contributed by atoms with Crippen LogP contribution >= 0.6 is 0 Å². The minimum absolute atomic E-state index is 0.578. The van der Waals surface area contributed by atoms with Crippen molar-refractivity contribution in [1.82, 2.24) is 19.9 Å². The number of nitrogens with zero attached hydrogens (tertiary/aromatic N) is 4. The summed E-state index contributed by atoms with van der Waals surface area (Å²) in [6.07, 6.45) is 11.8. The van der Waals surface area contributed by atoms with Crippen molar-refractivity contribution in [1.29, 1.82) is 0 Å². The Bertz CT molecular complexity index is 949. The van der Waals surface area contributed by atoms with Crippen molar-refractivity contribution in [3.05, 3.63) is 53.9 Å². The van der Waals surface area contributed by atoms with E-state index in [9.17, 15) is 0 Å². The van der Waals surface area contributed by atoms with E-state index in [-0.39, 0.29) is 0 Å². The van der Waals surface area contributed by atoms with Gasteiger partial charge in [0.15, 0.2) is 17.0 Å². The van der Waals surface area contributed by atoms with Gasteiger partial charge >= 0.3 is 0 Å². The fraction of sp³-hybridized carbons (Fsp3) is 0.333. The van der Waals surface area contributed by atoms with Crippen molar-refractivity contribution >= 4 is 28.6 Å². The zero-order valence-corrected chi connectivity index (χ0v) is 15.6. The van der Waals surface area contributed by atoms with E-state index in [2.05, 4.69) is 55.7 Å². The minimum Gasteiger partial charge on any atom is -0.354 e. The molecule has 0 saturated heterocycles. The smallest absolute Gasteiger partial charge is 0.226 e. The van der Waals surface area contributed by atoms with Crippen molar-refractivity contribution < 1.29 is 0 Å². The van der Waals surface area contributed by atoms with Crippen LogP contribution in [0.4, 0.5) is 17.5 Å². The van der Waals surface area contributed by atoms with E-state index in [4.69, 9.17) is 0 Å². The van der Waals surface area contributed by atoms with Crippen LogP contribution in [0.15, 0.2) is 48.3 Å². The second-order valence-corrected chi connectivity index (χ2v) is 6.90. The molecule has 27 heavy (non-hydrogen) atoms. The second-order valence-electron chi connectivity index (χ2n) is 6.90. The topological polar surface area (TPSA) is 75.6 Å². The number of allylic oxidation sites excluding steroid dienone is 1. The zero-order valence-electron chi connectivity index (χ0n) is 15.6. The molecule has 3 aromatic rings. The molecule has 1 aliphatic rings. The van der Waals surface area contributed by atoms with E-state index in [1.165, 1.54) is 36.8 Å². The molecule has 0 radical (unpaired) electrons. The number of hydrogen-bond acceptors (Lipinski definition) is 6. The number of aryl methyl sites for hydroxylation is 1. The standard InChI is InChI=1S/C21H24N6/c1-15-7-9-17(10-8-15)25-20-18-19(23-14-13-22-18)26-21(27-20)24-12-11-16-5-3-2-4-6-16/h5,7-10,13-14H,2-4,6,11-12H2,1H3,(H2,23,24,25,26,27). The van der Waals surface area contributed by atoms with E-state index in [1.54, 1.807) is 12.4 Å². The Labute approximate surface area is 159 Å². The molecule has 1 aromatic carbocycles. The number of aromatic nitrogens is 4. The van der Waals surface area contributed by atoms with Gasteiger partial charge in [-0.1, -0.05) is 29.3 Å². The largest absolute Gasteiger partial charge is 0.354 e. The van der Waals surface area contributed by atoms with Crippen LogP contribution < -0.4 is 10.6 Å². The molecule has 0 atom stereocenters. The molecule has 4 rings (SSSR count). The Morgan fingerprint density at radius 3 is 2.67 bits per heavy atom. The van der Waals surface area contributed by atoms with Gasteiger partial charge in [-0.15, -0.1) is 0 Å². The van der Waals surface area contributed by atoms with Gasteiger partial charge in [-0.3, -0.25) is 0 Å². The first-order chi connectivity index (χ1) is 13.3. The van der Waals surface area contributed by atoms with Crippen LogP contribution in [-0.2, 0) is 0 Å². The average Bonchev–Trinajstić information content (AvgIpc) is 2.71. The molecule has 1 aliphatic carbocycles. The van der Waals surface area contributed by atoms with E-state index >= 15 is 0 Å². The summed E-state index contributed by atoms with van der Waals surface area (Å²) in [5.74, 6) is 1.24. The van der Waals surface area contributed by atoms with Gasteiger partial charge in [0, 0.05) is 24.6 Å². The van der Waals surface area contributed by atoms with Gasteiger partial charge in [-0.05, 0) is 51.2 Å². The van der Waals surface area contributed by atoms with Crippen molar-refractivity contribution in [3.8, 4) is 0 Å². The number of fused-ring (bicyclic) bond motifs is 1. The van der Waals surface area contributed by atoms with E-state index in [0.717, 1.165) is 18.7 Å². The number of anilines is 3. The quantitative estimate of drug-likeness (QED) is 0.617. The molecule has 138 valence electrons. The fourth-order valence-corrected chi connectivity index (χ4v) is 3.27. The molecule has 0 amide bonds. The number of nitrogens with one attached hydrogen (secondary N) is 2. The third-order valence-corrected chi connectivity index (χ3v) is 4.76. The summed E-state index contributed by atoms with van der Waals surface area (Å²) in [6, 6.07) is 8.19. The zero-order chi connectivity index (χ0) is 18.5. The Balaban J connectivity index is 1.54. The third-order valence-electron chi connectivity index (χ3n) is 4.76. The molecule has 2 heterocycles. The molecule has 0 spiro atoms. The Morgan fingerprint density at radius 1 is 1.00 bits per heavy atom. The highest BCUT2D eigenvalue weighted by Crippen LogP contribution is 2.23. The maximum atomic E-state index is 4.65. The summed E-state index contributed by atoms with van der Waals surface area (Å²) in [7, 11) is 0. The maximum Gasteiger partial charge on any atom is 0.226 e. The van der Waals surface area contributed by atoms with Gasteiger partial charge in [-0.2, -0.15) is 9.97 Å². The molecule has 2 aromatic heterocycles. The summed E-state index contributed by atoms with van der Waals surface area (Å²) >= 11 is 0. The molecule has 2 N–H and O–H groups in total. The maximum absolute atomic E-state index is 4.65. The normalized spacial score (nSPS) is 14.0. The molecule has 0 fully saturated rings. The summed E-state index contributed by atoms with van der Waals surface area (Å²) in [4.78, 5) is 17.9. The molecule has 0 unspecified atom stereocenters. The fourth-order valence-electron chi connectivity index (χ4n) is 3.27. The highest BCUT2D eigenvalue weighted by atomic mass is 15.2. The summed E-state index contributed by atoms with van der Waals surface area (Å²) in [5.41, 5.74) is 4.96. The van der Waals surface area contributed by atoms with Crippen molar-refractivity contribution in [2.24, 2.45) is 0 Å². The number of benzene rings is 1. The van der Waals surface area contributed by atoms with E-state index < -0.39 is 0 Å². The highest BCUT2D eigenvalue weighted by Gasteiger charge is 2.11. The van der Waals surface area contributed by atoms with Gasteiger partial charge in [0.1, 0.15) is 0 Å². The number of rotatable bonds is 6. The first-order valence-electron chi connectivity index (χ1n) is 9.52. The molecule has 0 aliphatic heterocycles. The Kier molecular flexibility index (Phi) is 5.23. The predicted molar refractivity (Wildman–Crippen MR) is 109 cm³/mol. The Morgan fingerprint density at radius 2 is 1.85 bits per heavy atom. The van der Waals surface area contributed by atoms with Gasteiger partial charge in [0.2, 0.25) is 5.95 Å². The van der Waals surface area contributed by atoms with Crippen LogP contribution in [0.2, 0.25) is 0 Å². The average molecular weight is 360 g/mol. The molecule has 0 saturated carbocycles. The van der Waals surface area contributed by atoms with Crippen LogP contribution in [0.3, 0.4) is 0 Å². The van der Waals surface area contributed by atoms with Crippen LogP contribution in [0.1, 0.15) is 37.7 Å². The SMILES string of the molecule is Cc1ccc(Nc2nc(NCCC3=CCCCC3)nc3nccnc23)cc1. The molecular weight excluding hydrogens is 336 g/mol. The third kappa shape index (κ3) is 4.39. The van der Waals surface area contributed by atoms with E-state index in [1.807, 2.05) is 12.1 Å². The van der Waals surface area contributed by atoms with Crippen LogP contribution in [0.5, 0.6) is 0 Å². The van der Waals surface area contributed by atoms with E-state index in [0.29, 0.717) is 22.9 Å².